The molecule has 2 heterocycles. The first-order chi connectivity index (χ1) is 7.77. The third kappa shape index (κ3) is 2.44. The molecule has 0 aliphatic rings. The van der Waals surface area contributed by atoms with Gasteiger partial charge >= 0.3 is 0 Å². The number of nitrogens with zero attached hydrogens (tertiary/aromatic N) is 2. The van der Waals surface area contributed by atoms with Crippen molar-refractivity contribution in [1.29, 1.82) is 0 Å². The standard InChI is InChI=1S/C13H14N2O/c1-10-9-15-7-4-12(10)13(16)8-11-2-5-14-6-3-11/h2-7,9,13,16H,8H2,1H3. The Morgan fingerprint density at radius 1 is 1.12 bits per heavy atom. The van der Waals surface area contributed by atoms with Crippen LogP contribution in [0.3, 0.4) is 0 Å². The average molecular weight is 214 g/mol. The molecule has 3 nitrogen and oxygen atoms in total. The van der Waals surface area contributed by atoms with Crippen LogP contribution in [0.15, 0.2) is 43.0 Å². The minimum atomic E-state index is -0.481. The molecule has 1 atom stereocenters. The molecule has 2 aromatic heterocycles. The number of aliphatic hydroxyl groups excluding tert-OH is 1. The highest BCUT2D eigenvalue weighted by Gasteiger charge is 2.10. The van der Waals surface area contributed by atoms with E-state index in [4.69, 9.17) is 0 Å². The van der Waals surface area contributed by atoms with Gasteiger partial charge in [-0.05, 0) is 41.8 Å². The van der Waals surface area contributed by atoms with Crippen LogP contribution in [0.2, 0.25) is 0 Å². The molecule has 0 fully saturated rings. The van der Waals surface area contributed by atoms with Crippen LogP contribution in [0.4, 0.5) is 0 Å². The Hall–Kier alpha value is -1.74. The van der Waals surface area contributed by atoms with Gasteiger partial charge in [0, 0.05) is 31.2 Å². The van der Waals surface area contributed by atoms with E-state index in [-0.39, 0.29) is 0 Å². The van der Waals surface area contributed by atoms with Crippen molar-refractivity contribution >= 4 is 0 Å². The summed E-state index contributed by atoms with van der Waals surface area (Å²) in [6, 6.07) is 5.70. The molecule has 1 N–H and O–H groups in total. The van der Waals surface area contributed by atoms with Crippen molar-refractivity contribution in [2.24, 2.45) is 0 Å². The molecule has 2 rings (SSSR count). The van der Waals surface area contributed by atoms with Gasteiger partial charge < -0.3 is 5.11 Å². The van der Waals surface area contributed by atoms with Gasteiger partial charge in [0.15, 0.2) is 0 Å². The molecular weight excluding hydrogens is 200 g/mol. The summed E-state index contributed by atoms with van der Waals surface area (Å²) in [5.74, 6) is 0. The lowest BCUT2D eigenvalue weighted by Crippen LogP contribution is -2.04. The van der Waals surface area contributed by atoms with Crippen molar-refractivity contribution in [2.75, 3.05) is 0 Å². The summed E-state index contributed by atoms with van der Waals surface area (Å²) in [7, 11) is 0. The lowest BCUT2D eigenvalue weighted by molar-refractivity contribution is 0.177. The summed E-state index contributed by atoms with van der Waals surface area (Å²) in [4.78, 5) is 7.96. The number of hydrogen-bond donors (Lipinski definition) is 1. The van der Waals surface area contributed by atoms with Gasteiger partial charge in [-0.2, -0.15) is 0 Å². The van der Waals surface area contributed by atoms with Crippen molar-refractivity contribution in [1.82, 2.24) is 9.97 Å². The number of aryl methyl sites for hydroxylation is 1. The minimum absolute atomic E-state index is 0.481. The lowest BCUT2D eigenvalue weighted by atomic mass is 10.00. The molecule has 0 aliphatic heterocycles. The third-order valence-corrected chi connectivity index (χ3v) is 2.60. The summed E-state index contributed by atoms with van der Waals surface area (Å²) in [5.41, 5.74) is 3.04. The van der Waals surface area contributed by atoms with Crippen LogP contribution in [0.1, 0.15) is 22.8 Å². The summed E-state index contributed by atoms with van der Waals surface area (Å²) in [6.07, 6.45) is 7.07. The first-order valence-corrected chi connectivity index (χ1v) is 5.25. The molecule has 0 aromatic carbocycles. The Labute approximate surface area is 94.8 Å². The topological polar surface area (TPSA) is 46.0 Å². The van der Waals surface area contributed by atoms with Gasteiger partial charge in [-0.1, -0.05) is 0 Å². The molecule has 0 amide bonds. The third-order valence-electron chi connectivity index (χ3n) is 2.60. The maximum atomic E-state index is 10.1. The number of aromatic nitrogens is 2. The maximum Gasteiger partial charge on any atom is 0.0834 e. The van der Waals surface area contributed by atoms with E-state index in [1.807, 2.05) is 25.1 Å². The predicted octanol–water partition coefficient (Wildman–Crippen LogP) is 2.06. The summed E-state index contributed by atoms with van der Waals surface area (Å²) in [5, 5.41) is 10.1. The van der Waals surface area contributed by atoms with Crippen LogP contribution in [0.5, 0.6) is 0 Å². The Balaban J connectivity index is 2.15. The fourth-order valence-corrected chi connectivity index (χ4v) is 1.71. The van der Waals surface area contributed by atoms with E-state index in [2.05, 4.69) is 9.97 Å². The fourth-order valence-electron chi connectivity index (χ4n) is 1.71. The van der Waals surface area contributed by atoms with Crippen molar-refractivity contribution in [3.8, 4) is 0 Å². The van der Waals surface area contributed by atoms with Crippen LogP contribution in [-0.4, -0.2) is 15.1 Å². The highest BCUT2D eigenvalue weighted by Crippen LogP contribution is 2.20. The van der Waals surface area contributed by atoms with Crippen molar-refractivity contribution in [3.05, 3.63) is 59.7 Å². The van der Waals surface area contributed by atoms with E-state index in [1.54, 1.807) is 24.8 Å². The van der Waals surface area contributed by atoms with Gasteiger partial charge in [-0.25, -0.2) is 0 Å². The zero-order chi connectivity index (χ0) is 11.4. The first kappa shape index (κ1) is 10.8. The SMILES string of the molecule is Cc1cnccc1C(O)Cc1ccncc1. The van der Waals surface area contributed by atoms with E-state index in [9.17, 15) is 5.11 Å². The predicted molar refractivity (Wildman–Crippen MR) is 61.9 cm³/mol. The van der Waals surface area contributed by atoms with E-state index < -0.39 is 6.10 Å². The lowest BCUT2D eigenvalue weighted by Gasteiger charge is -2.12. The second-order valence-corrected chi connectivity index (χ2v) is 3.81. The normalized spacial score (nSPS) is 12.4. The number of hydrogen-bond acceptors (Lipinski definition) is 3. The number of aliphatic hydroxyl groups is 1. The Morgan fingerprint density at radius 3 is 2.50 bits per heavy atom. The molecule has 0 aliphatic carbocycles. The molecule has 3 heteroatoms. The quantitative estimate of drug-likeness (QED) is 0.850. The van der Waals surface area contributed by atoms with Gasteiger partial charge in [-0.3, -0.25) is 9.97 Å². The van der Waals surface area contributed by atoms with Crippen molar-refractivity contribution < 1.29 is 5.11 Å². The largest absolute Gasteiger partial charge is 0.388 e. The van der Waals surface area contributed by atoms with E-state index in [0.717, 1.165) is 16.7 Å². The Bertz CT molecular complexity index is 456. The molecule has 1 unspecified atom stereocenters. The molecule has 16 heavy (non-hydrogen) atoms. The van der Waals surface area contributed by atoms with Crippen LogP contribution in [-0.2, 0) is 6.42 Å². The van der Waals surface area contributed by atoms with Gasteiger partial charge in [-0.15, -0.1) is 0 Å². The molecule has 0 spiro atoms. The van der Waals surface area contributed by atoms with Crippen LogP contribution in [0, 0.1) is 6.92 Å². The summed E-state index contributed by atoms with van der Waals surface area (Å²) in [6.45, 7) is 1.96. The monoisotopic (exact) mass is 214 g/mol. The fraction of sp³-hybridized carbons (Fsp3) is 0.231. The molecule has 0 bridgehead atoms. The molecular formula is C13H14N2O. The van der Waals surface area contributed by atoms with Gasteiger partial charge in [0.2, 0.25) is 0 Å². The zero-order valence-electron chi connectivity index (χ0n) is 9.17. The minimum Gasteiger partial charge on any atom is -0.388 e. The maximum absolute atomic E-state index is 10.1. The molecule has 2 aromatic rings. The highest BCUT2D eigenvalue weighted by molar-refractivity contribution is 5.26. The highest BCUT2D eigenvalue weighted by atomic mass is 16.3. The molecule has 0 saturated carbocycles. The molecule has 82 valence electrons. The van der Waals surface area contributed by atoms with E-state index in [1.165, 1.54) is 0 Å². The summed E-state index contributed by atoms with van der Waals surface area (Å²) >= 11 is 0. The van der Waals surface area contributed by atoms with Crippen molar-refractivity contribution in [3.63, 3.8) is 0 Å². The average Bonchev–Trinajstić information content (AvgIpc) is 2.31. The van der Waals surface area contributed by atoms with Gasteiger partial charge in [0.05, 0.1) is 6.10 Å². The Morgan fingerprint density at radius 2 is 1.81 bits per heavy atom. The number of pyridine rings is 2. The van der Waals surface area contributed by atoms with Crippen LogP contribution >= 0.6 is 0 Å². The zero-order valence-corrected chi connectivity index (χ0v) is 9.17. The molecule has 0 saturated heterocycles. The van der Waals surface area contributed by atoms with Crippen molar-refractivity contribution in [2.45, 2.75) is 19.4 Å². The first-order valence-electron chi connectivity index (χ1n) is 5.25. The Kier molecular flexibility index (Phi) is 3.27. The summed E-state index contributed by atoms with van der Waals surface area (Å²) < 4.78 is 0. The van der Waals surface area contributed by atoms with Gasteiger partial charge in [0.25, 0.3) is 0 Å². The smallest absolute Gasteiger partial charge is 0.0834 e. The van der Waals surface area contributed by atoms with Crippen LogP contribution < -0.4 is 0 Å². The van der Waals surface area contributed by atoms with E-state index in [0.29, 0.717) is 6.42 Å². The van der Waals surface area contributed by atoms with E-state index >= 15 is 0 Å². The van der Waals surface area contributed by atoms with Crippen LogP contribution in [0.25, 0.3) is 0 Å². The second-order valence-electron chi connectivity index (χ2n) is 3.81. The molecule has 0 radical (unpaired) electrons. The second kappa shape index (κ2) is 4.86. The number of rotatable bonds is 3. The van der Waals surface area contributed by atoms with Gasteiger partial charge in [0.1, 0.15) is 0 Å².